The fourth-order valence-electron chi connectivity index (χ4n) is 15.8. The number of ether oxygens (including phenoxy) is 2. The number of aliphatic imine (C=N–C) groups is 3. The number of anilines is 3. The predicted molar refractivity (Wildman–Crippen MR) is 512 cm³/mol. The number of amides is 5. The summed E-state index contributed by atoms with van der Waals surface area (Å²) in [5, 5.41) is 15.2. The third kappa shape index (κ3) is 38.1. The topological polar surface area (TPSA) is 308 Å². The summed E-state index contributed by atoms with van der Waals surface area (Å²) in [6, 6.07) is 11.5. The molecule has 0 aromatic heterocycles. The Morgan fingerprint density at radius 1 is 0.455 bits per heavy atom. The number of sulfonamides is 3. The smallest absolute Gasteiger partial charge is 0.414 e. The maximum Gasteiger partial charge on any atom is 0.414 e. The number of hydrogen-bond donors (Lipinski definition) is 4. The molecule has 3 aromatic carbocycles. The molecule has 0 aliphatic carbocycles. The number of benzene rings is 3. The van der Waals surface area contributed by atoms with Gasteiger partial charge in [0.15, 0.2) is 0 Å². The molecule has 3 aromatic rings. The van der Waals surface area contributed by atoms with Gasteiger partial charge in [0.1, 0.15) is 45.3 Å². The number of rotatable bonds is 35. The van der Waals surface area contributed by atoms with Gasteiger partial charge in [0, 0.05) is 137 Å². The first kappa shape index (κ1) is 115. The molecule has 6 aliphatic rings. The first-order chi connectivity index (χ1) is 61.3. The Morgan fingerprint density at radius 2 is 0.697 bits per heavy atom. The lowest BCUT2D eigenvalue weighted by atomic mass is 9.89. The normalized spacial score (nSPS) is 17.2. The zero-order chi connectivity index (χ0) is 99.2. The van der Waals surface area contributed by atoms with Crippen LogP contribution in [0.3, 0.4) is 0 Å². The Hall–Kier alpha value is -7.20. The van der Waals surface area contributed by atoms with E-state index in [0.29, 0.717) is 87.4 Å². The second kappa shape index (κ2) is 51.3. The Morgan fingerprint density at radius 3 is 0.947 bits per heavy atom. The molecule has 0 atom stereocenters. The quantitative estimate of drug-likeness (QED) is 0.0242. The summed E-state index contributed by atoms with van der Waals surface area (Å²) >= 11 is 13.0. The standard InChI is InChI=1S/C32H47F3N4O5S.C27H39F3N4O3S.C18H28F3N3O3S.C14H20BrNO2.CH2Cl2/c1-23-21-25(38(6)29(41)44-30(3,4)5)22-24(2)26(23)14-20-45(42,43)39-18-16-31(17-19-39)28(40)36-27(37-31)13-11-9-7-8-10-12-15-32(33,34)35;1-20-18-22(31-3)19-21(2)23(20)11-17-38(36,37)34-15-13-26(14-16-34)25(35)32-24(33-26)10-8-6-4-5-7-9-12-27(28,29)30;1-2-28(26,27)24-13-11-17(12-14-24)16(25)22-15(23-17)9-7-5-3-4-6-8-10-18(19,20)21;1-9-7-11(8-10(2)12(9)15)16(6)13(17)18-14(3,4)5;2-1-3/h14,20-22H,7-13,15-19H2,1-6H3,(H,36,37,40);11,17-19,31H,4-10,12-16H2,1-3H3,(H,32,33,35);2H,1,3-14H2,(H,22,23,25);7-8H,1-6H3;1H2/b20-14+;17-11+;;;. The molecule has 0 unspecified atom stereocenters. The van der Waals surface area contributed by atoms with Crippen LogP contribution in [-0.4, -0.2) is 198 Å². The van der Waals surface area contributed by atoms with Crippen LogP contribution >= 0.6 is 39.1 Å². The van der Waals surface area contributed by atoms with E-state index in [1.54, 1.807) is 59.2 Å². The summed E-state index contributed by atoms with van der Waals surface area (Å²) < 4.78 is 201. The Kier molecular flexibility index (Phi) is 44.8. The summed E-state index contributed by atoms with van der Waals surface area (Å²) in [5.41, 5.74) is 5.92. The van der Waals surface area contributed by atoms with Crippen LogP contribution in [0.15, 0.2) is 78.7 Å². The summed E-state index contributed by atoms with van der Waals surface area (Å²) in [6.07, 6.45) is 3.58. The SMILES string of the molecule is C=CS(=O)(=O)N1CCC2(CC1)N=C(CCCCCCCCC(F)(F)F)NC2=O.CNc1cc(C)c(/C=C/S(=O)(=O)N2CCC3(CC2)N=C(CCCCCCCCC(F)(F)F)NC3=O)c(C)c1.Cc1cc(N(C)C(=O)OC(C)(C)C)cc(C)c1/C=C/S(=O)(=O)N1CCC2(CC1)N=C(CCCCCCCCC(F)(F)F)NC2=O.Cc1cc(N(C)C(=O)OC(C)(C)C)cc(C)c1Br.ClCCl. The van der Waals surface area contributed by atoms with Crippen molar-refractivity contribution in [1.82, 2.24) is 28.9 Å². The molecular weight excluding hydrogens is 1900 g/mol. The van der Waals surface area contributed by atoms with E-state index in [9.17, 15) is 88.7 Å². The zero-order valence-corrected chi connectivity index (χ0v) is 84.4. The molecule has 744 valence electrons. The minimum atomic E-state index is -4.10. The molecule has 5 amide bonds. The van der Waals surface area contributed by atoms with Crippen molar-refractivity contribution in [1.29, 1.82) is 0 Å². The van der Waals surface area contributed by atoms with Gasteiger partial charge in [-0.05, 0) is 253 Å². The van der Waals surface area contributed by atoms with Crippen LogP contribution in [-0.2, 0) is 53.9 Å². The van der Waals surface area contributed by atoms with Crippen LogP contribution in [0.4, 0.5) is 66.2 Å². The van der Waals surface area contributed by atoms with Crippen molar-refractivity contribution in [2.45, 2.75) is 322 Å². The Balaban J connectivity index is 0.000000321. The summed E-state index contributed by atoms with van der Waals surface area (Å²) in [4.78, 5) is 79.3. The number of piperidine rings is 3. The van der Waals surface area contributed by atoms with Gasteiger partial charge in [-0.25, -0.2) is 34.8 Å². The average molecular weight is 2040 g/mol. The molecule has 6 aliphatic heterocycles. The van der Waals surface area contributed by atoms with E-state index in [2.05, 4.69) is 58.8 Å². The van der Waals surface area contributed by atoms with Gasteiger partial charge in [-0.1, -0.05) is 99.6 Å². The van der Waals surface area contributed by atoms with E-state index in [-0.39, 0.29) is 101 Å². The zero-order valence-electron chi connectivity index (χ0n) is 78.9. The van der Waals surface area contributed by atoms with E-state index in [0.717, 1.165) is 143 Å². The lowest BCUT2D eigenvalue weighted by Crippen LogP contribution is -2.50. The van der Waals surface area contributed by atoms with Gasteiger partial charge in [-0.15, -0.1) is 23.2 Å². The number of carbonyl (C=O) groups is 5. The molecule has 132 heavy (non-hydrogen) atoms. The third-order valence-corrected chi connectivity index (χ3v) is 29.1. The summed E-state index contributed by atoms with van der Waals surface area (Å²) in [6.45, 7) is 27.1. The second-order valence-electron chi connectivity index (χ2n) is 36.3. The monoisotopic (exact) mass is 2030 g/mol. The van der Waals surface area contributed by atoms with Crippen LogP contribution < -0.4 is 31.1 Å². The number of aryl methyl sites for hydroxylation is 6. The van der Waals surface area contributed by atoms with Crippen LogP contribution in [0.1, 0.15) is 279 Å². The van der Waals surface area contributed by atoms with Gasteiger partial charge in [-0.2, -0.15) is 52.4 Å². The van der Waals surface area contributed by atoms with E-state index >= 15 is 0 Å². The predicted octanol–water partition coefficient (Wildman–Crippen LogP) is 22.1. The van der Waals surface area contributed by atoms with Gasteiger partial charge < -0.3 is 30.7 Å². The molecule has 0 saturated carbocycles. The molecule has 4 N–H and O–H groups in total. The number of halogens is 12. The number of carbonyl (C=O) groups excluding carboxylic acids is 5. The van der Waals surface area contributed by atoms with Crippen LogP contribution in [0.2, 0.25) is 0 Å². The number of unbranched alkanes of at least 4 members (excludes halogenated alkanes) is 15. The number of hydrogen-bond acceptors (Lipinski definition) is 17. The highest BCUT2D eigenvalue weighted by molar-refractivity contribution is 9.10. The van der Waals surface area contributed by atoms with Crippen molar-refractivity contribution in [2.75, 3.05) is 80.9 Å². The molecule has 0 radical (unpaired) electrons. The van der Waals surface area contributed by atoms with E-state index in [1.165, 1.54) is 33.5 Å². The molecule has 0 bridgehead atoms. The summed E-state index contributed by atoms with van der Waals surface area (Å²) in [7, 11) is -5.71. The average Bonchev–Trinajstić information content (AvgIpc) is 1.63. The van der Waals surface area contributed by atoms with Crippen molar-refractivity contribution in [3.63, 3.8) is 0 Å². The molecular formula is C92H136BrCl2F9N12O13S3. The maximum atomic E-state index is 13.2. The van der Waals surface area contributed by atoms with Crippen LogP contribution in [0, 0.1) is 41.5 Å². The molecule has 6 heterocycles. The molecule has 3 saturated heterocycles. The first-order valence-electron chi connectivity index (χ1n) is 44.9. The maximum absolute atomic E-state index is 13.2. The highest BCUT2D eigenvalue weighted by Crippen LogP contribution is 2.38. The highest BCUT2D eigenvalue weighted by Gasteiger charge is 2.50. The number of amidine groups is 3. The van der Waals surface area contributed by atoms with Gasteiger partial charge in [0.2, 0.25) is 30.1 Å². The fourth-order valence-corrected chi connectivity index (χ4v) is 19.3. The third-order valence-electron chi connectivity index (χ3n) is 23.2. The van der Waals surface area contributed by atoms with Gasteiger partial charge in [-0.3, -0.25) is 39.2 Å². The molecule has 40 heteroatoms. The Labute approximate surface area is 793 Å². The molecule has 25 nitrogen and oxygen atoms in total. The summed E-state index contributed by atoms with van der Waals surface area (Å²) in [5.74, 6) is 1.29. The van der Waals surface area contributed by atoms with Crippen molar-refractivity contribution >= 4 is 146 Å². The molecule has 3 fully saturated rings. The largest absolute Gasteiger partial charge is 0.443 e. The lowest BCUT2D eigenvalue weighted by Gasteiger charge is -2.34. The second-order valence-corrected chi connectivity index (χ2v) is 43.4. The van der Waals surface area contributed by atoms with Gasteiger partial charge in [0.25, 0.3) is 17.7 Å². The minimum absolute atomic E-state index is 0.152. The first-order valence-corrected chi connectivity index (χ1v) is 51.3. The van der Waals surface area contributed by atoms with Crippen LogP contribution in [0.25, 0.3) is 12.2 Å². The van der Waals surface area contributed by atoms with Crippen molar-refractivity contribution in [3.8, 4) is 0 Å². The fraction of sp³-hybridized carbons (Fsp3) is 0.652. The number of nitrogens with one attached hydrogen (secondary N) is 4. The van der Waals surface area contributed by atoms with E-state index in [1.807, 2.05) is 93.6 Å². The van der Waals surface area contributed by atoms with E-state index in [4.69, 9.17) is 32.7 Å². The van der Waals surface area contributed by atoms with Crippen LogP contribution in [0.5, 0.6) is 0 Å². The highest BCUT2D eigenvalue weighted by atomic mass is 79.9. The Bertz CT molecular complexity index is 4830. The minimum Gasteiger partial charge on any atom is -0.443 e. The molecule has 9 rings (SSSR count). The van der Waals surface area contributed by atoms with Gasteiger partial charge in [0.05, 0.1) is 5.34 Å². The molecule has 3 spiro atoms. The van der Waals surface area contributed by atoms with Crippen molar-refractivity contribution in [2.24, 2.45) is 15.0 Å². The number of nitrogens with zero attached hydrogens (tertiary/aromatic N) is 8. The van der Waals surface area contributed by atoms with E-state index < -0.39 is 102 Å². The van der Waals surface area contributed by atoms with Crippen molar-refractivity contribution in [3.05, 3.63) is 108 Å². The lowest BCUT2D eigenvalue weighted by molar-refractivity contribution is -0.136. The number of alkyl halides is 11. The van der Waals surface area contributed by atoms with Gasteiger partial charge >= 0.3 is 30.7 Å². The van der Waals surface area contributed by atoms with Crippen molar-refractivity contribution < 1.29 is 98.2 Å².